The molecule has 0 aliphatic carbocycles. The Bertz CT molecular complexity index is 1060. The summed E-state index contributed by atoms with van der Waals surface area (Å²) in [5.74, 6) is -1.15. The van der Waals surface area contributed by atoms with Crippen LogP contribution in [0.3, 0.4) is 0 Å². The van der Waals surface area contributed by atoms with Crippen molar-refractivity contribution in [2.75, 3.05) is 19.0 Å². The van der Waals surface area contributed by atoms with E-state index in [1.165, 1.54) is 11.9 Å². The van der Waals surface area contributed by atoms with Gasteiger partial charge in [0.1, 0.15) is 17.7 Å². The number of aliphatic hydroxyl groups excluding tert-OH is 1. The molecule has 0 fully saturated rings. The van der Waals surface area contributed by atoms with Gasteiger partial charge in [0.25, 0.3) is 5.91 Å². The Morgan fingerprint density at radius 2 is 1.69 bits per heavy atom. The van der Waals surface area contributed by atoms with Gasteiger partial charge in [-0.15, -0.1) is 0 Å². The van der Waals surface area contributed by atoms with Crippen molar-refractivity contribution < 1.29 is 24.2 Å². The molecule has 9 heteroatoms. The first-order chi connectivity index (χ1) is 16.2. The molecule has 0 saturated carbocycles. The molecule has 3 amide bonds. The van der Waals surface area contributed by atoms with Crippen LogP contribution in [0, 0.1) is 20.8 Å². The summed E-state index contributed by atoms with van der Waals surface area (Å²) in [4.78, 5) is 40.3. The fourth-order valence-corrected chi connectivity index (χ4v) is 3.98. The lowest BCUT2D eigenvalue weighted by atomic mass is 9.98. The van der Waals surface area contributed by atoms with Crippen LogP contribution in [0.15, 0.2) is 36.4 Å². The highest BCUT2D eigenvalue weighted by Gasteiger charge is 2.34. The third kappa shape index (κ3) is 7.70. The van der Waals surface area contributed by atoms with Crippen molar-refractivity contribution in [1.82, 2.24) is 10.2 Å². The van der Waals surface area contributed by atoms with Crippen LogP contribution in [0.4, 0.5) is 10.5 Å². The van der Waals surface area contributed by atoms with Gasteiger partial charge < -0.3 is 25.4 Å². The molecule has 0 heterocycles. The molecule has 3 N–H and O–H groups in total. The second-order valence-corrected chi connectivity index (χ2v) is 9.98. The van der Waals surface area contributed by atoms with Crippen molar-refractivity contribution in [3.8, 4) is 0 Å². The lowest BCUT2D eigenvalue weighted by Gasteiger charge is -2.31. The van der Waals surface area contributed by atoms with E-state index in [-0.39, 0.29) is 0 Å². The van der Waals surface area contributed by atoms with Crippen molar-refractivity contribution in [3.63, 3.8) is 0 Å². The molecule has 2 aromatic rings. The fourth-order valence-electron chi connectivity index (χ4n) is 3.71. The molecule has 0 spiro atoms. The number of carbonyl (C=O) groups excluding carboxylic acids is 3. The molecule has 0 aromatic heterocycles. The SMILES string of the molecule is Cc1cc(C)cc(C(C(=O)Nc2c(C)cccc2Cl)N(C)C(=O)C(CO)NC(=O)OC(C)(C)C)c1. The number of likely N-dealkylation sites (N-methyl/N-ethyl adjacent to an activating group) is 1. The number of halogens is 1. The topological polar surface area (TPSA) is 108 Å². The second-order valence-electron chi connectivity index (χ2n) is 9.58. The largest absolute Gasteiger partial charge is 0.444 e. The number of ether oxygens (including phenoxy) is 1. The monoisotopic (exact) mass is 503 g/mol. The Kier molecular flexibility index (Phi) is 9.29. The number of para-hydroxylation sites is 1. The van der Waals surface area contributed by atoms with Gasteiger partial charge in [-0.2, -0.15) is 0 Å². The number of benzene rings is 2. The van der Waals surface area contributed by atoms with Crippen LogP contribution in [-0.2, 0) is 14.3 Å². The number of hydrogen-bond acceptors (Lipinski definition) is 5. The minimum Gasteiger partial charge on any atom is -0.444 e. The number of anilines is 1. The molecule has 0 saturated heterocycles. The number of hydrogen-bond donors (Lipinski definition) is 3. The maximum atomic E-state index is 13.6. The van der Waals surface area contributed by atoms with Gasteiger partial charge in [0.2, 0.25) is 5.91 Å². The summed E-state index contributed by atoms with van der Waals surface area (Å²) in [5, 5.41) is 15.4. The van der Waals surface area contributed by atoms with Crippen molar-refractivity contribution in [2.45, 2.75) is 59.2 Å². The molecule has 2 unspecified atom stereocenters. The van der Waals surface area contributed by atoms with Crippen LogP contribution < -0.4 is 10.6 Å². The van der Waals surface area contributed by atoms with Crippen LogP contribution >= 0.6 is 11.6 Å². The molecule has 2 rings (SSSR count). The lowest BCUT2D eigenvalue weighted by molar-refractivity contribution is -0.139. The zero-order valence-electron chi connectivity index (χ0n) is 21.2. The molecule has 0 aliphatic heterocycles. The van der Waals surface area contributed by atoms with Gasteiger partial charge in [-0.1, -0.05) is 53.1 Å². The second kappa shape index (κ2) is 11.6. The fraction of sp³-hybridized carbons (Fsp3) is 0.423. The Balaban J connectivity index is 2.42. The Morgan fingerprint density at radius 1 is 1.09 bits per heavy atom. The number of nitrogens with one attached hydrogen (secondary N) is 2. The molecular weight excluding hydrogens is 470 g/mol. The maximum Gasteiger partial charge on any atom is 0.408 e. The first kappa shape index (κ1) is 28.1. The Labute approximate surface area is 211 Å². The van der Waals surface area contributed by atoms with Crippen LogP contribution in [-0.4, -0.2) is 53.2 Å². The zero-order valence-corrected chi connectivity index (χ0v) is 22.0. The molecule has 8 nitrogen and oxygen atoms in total. The summed E-state index contributed by atoms with van der Waals surface area (Å²) in [6, 6.07) is 8.47. The van der Waals surface area contributed by atoms with E-state index in [2.05, 4.69) is 10.6 Å². The summed E-state index contributed by atoms with van der Waals surface area (Å²) in [7, 11) is 1.45. The van der Waals surface area contributed by atoms with E-state index < -0.39 is 42.2 Å². The minimum absolute atomic E-state index is 0.367. The summed E-state index contributed by atoms with van der Waals surface area (Å²) in [6.45, 7) is 9.99. The minimum atomic E-state index is -1.31. The normalized spacial score (nSPS) is 12.9. The third-order valence-corrected chi connectivity index (χ3v) is 5.50. The third-order valence-electron chi connectivity index (χ3n) is 5.18. The van der Waals surface area contributed by atoms with E-state index in [1.54, 1.807) is 32.9 Å². The van der Waals surface area contributed by atoms with Gasteiger partial charge in [-0.05, 0) is 58.7 Å². The number of aryl methyl sites for hydroxylation is 3. The van der Waals surface area contributed by atoms with E-state index in [0.29, 0.717) is 16.3 Å². The number of amides is 3. The number of aliphatic hydroxyl groups is 1. The van der Waals surface area contributed by atoms with Crippen LogP contribution in [0.2, 0.25) is 5.02 Å². The molecule has 0 aliphatic rings. The van der Waals surface area contributed by atoms with Crippen molar-refractivity contribution in [1.29, 1.82) is 0 Å². The van der Waals surface area contributed by atoms with Crippen LogP contribution in [0.25, 0.3) is 0 Å². The maximum absolute atomic E-state index is 13.6. The highest BCUT2D eigenvalue weighted by Crippen LogP contribution is 2.29. The van der Waals surface area contributed by atoms with Gasteiger partial charge in [0.05, 0.1) is 17.3 Å². The van der Waals surface area contributed by atoms with E-state index in [0.717, 1.165) is 16.7 Å². The molecular formula is C26H34ClN3O5. The predicted octanol–water partition coefficient (Wildman–Crippen LogP) is 4.29. The molecule has 35 heavy (non-hydrogen) atoms. The average molecular weight is 504 g/mol. The highest BCUT2D eigenvalue weighted by atomic mass is 35.5. The quantitative estimate of drug-likeness (QED) is 0.522. The number of rotatable bonds is 7. The van der Waals surface area contributed by atoms with Crippen molar-refractivity contribution in [3.05, 3.63) is 63.7 Å². The van der Waals surface area contributed by atoms with Crippen LogP contribution in [0.1, 0.15) is 49.1 Å². The Morgan fingerprint density at radius 3 is 2.20 bits per heavy atom. The average Bonchev–Trinajstić information content (AvgIpc) is 2.72. The van der Waals surface area contributed by atoms with Gasteiger partial charge in [-0.3, -0.25) is 9.59 Å². The number of alkyl carbamates (subject to hydrolysis) is 1. The molecule has 190 valence electrons. The highest BCUT2D eigenvalue weighted by molar-refractivity contribution is 6.34. The van der Waals surface area contributed by atoms with Gasteiger partial charge in [0.15, 0.2) is 0 Å². The van der Waals surface area contributed by atoms with E-state index in [4.69, 9.17) is 16.3 Å². The van der Waals surface area contributed by atoms with Gasteiger partial charge in [0, 0.05) is 7.05 Å². The van der Waals surface area contributed by atoms with E-state index in [9.17, 15) is 19.5 Å². The summed E-state index contributed by atoms with van der Waals surface area (Å²) in [5.41, 5.74) is 2.83. The first-order valence-electron chi connectivity index (χ1n) is 11.2. The first-order valence-corrected chi connectivity index (χ1v) is 11.6. The number of nitrogens with zero attached hydrogens (tertiary/aromatic N) is 1. The smallest absolute Gasteiger partial charge is 0.408 e. The lowest BCUT2D eigenvalue weighted by Crippen LogP contribution is -2.52. The number of carbonyl (C=O) groups is 3. The molecule has 0 bridgehead atoms. The van der Waals surface area contributed by atoms with Gasteiger partial charge >= 0.3 is 6.09 Å². The zero-order chi connectivity index (χ0) is 26.5. The van der Waals surface area contributed by atoms with E-state index in [1.807, 2.05) is 45.0 Å². The molecule has 0 radical (unpaired) electrons. The predicted molar refractivity (Wildman–Crippen MR) is 136 cm³/mol. The summed E-state index contributed by atoms with van der Waals surface area (Å²) >= 11 is 6.31. The van der Waals surface area contributed by atoms with Gasteiger partial charge in [-0.25, -0.2) is 4.79 Å². The molecule has 2 atom stereocenters. The summed E-state index contributed by atoms with van der Waals surface area (Å²) < 4.78 is 5.20. The van der Waals surface area contributed by atoms with Crippen LogP contribution in [0.5, 0.6) is 0 Å². The Hall–Kier alpha value is -3.10. The standard InChI is InChI=1S/C26H34ClN3O5/c1-15-11-16(2)13-18(12-15)22(23(32)29-21-17(3)9-8-10-19(21)27)30(7)24(33)20(14-31)28-25(34)35-26(4,5)6/h8-13,20,22,31H,14H2,1-7H3,(H,28,34)(H,29,32). The van der Waals surface area contributed by atoms with Crippen molar-refractivity contribution in [2.24, 2.45) is 0 Å². The molecule has 2 aromatic carbocycles. The van der Waals surface area contributed by atoms with E-state index >= 15 is 0 Å². The van der Waals surface area contributed by atoms with Crippen molar-refractivity contribution >= 4 is 35.2 Å². The summed E-state index contributed by atoms with van der Waals surface area (Å²) in [6.07, 6.45) is -0.850.